The Bertz CT molecular complexity index is 1050. The van der Waals surface area contributed by atoms with Crippen LogP contribution in [0.15, 0.2) is 22.6 Å². The molecular formula is C19H19ClN4O3. The highest BCUT2D eigenvalue weighted by Crippen LogP contribution is 2.39. The highest BCUT2D eigenvalue weighted by molar-refractivity contribution is 6.31. The van der Waals surface area contributed by atoms with E-state index in [0.717, 1.165) is 29.9 Å². The zero-order valence-electron chi connectivity index (χ0n) is 15.1. The number of carbonyl (C=O) groups is 1. The van der Waals surface area contributed by atoms with Gasteiger partial charge in [0.05, 0.1) is 19.7 Å². The Hall–Kier alpha value is -2.54. The molecule has 1 fully saturated rings. The highest BCUT2D eigenvalue weighted by atomic mass is 35.5. The number of furan rings is 1. The topological polar surface area (TPSA) is 73.4 Å². The van der Waals surface area contributed by atoms with E-state index in [0.29, 0.717) is 35.4 Å². The van der Waals surface area contributed by atoms with E-state index in [9.17, 15) is 4.79 Å². The minimum atomic E-state index is -0.168. The lowest BCUT2D eigenvalue weighted by molar-refractivity contribution is 0.0600. The monoisotopic (exact) mass is 386 g/mol. The fraction of sp³-hybridized carbons (Fsp3) is 0.421. The zero-order valence-corrected chi connectivity index (χ0v) is 15.9. The lowest BCUT2D eigenvalue weighted by Crippen LogP contribution is -2.41. The van der Waals surface area contributed by atoms with E-state index in [-0.39, 0.29) is 17.7 Å². The molecule has 1 saturated carbocycles. The van der Waals surface area contributed by atoms with Crippen molar-refractivity contribution in [2.75, 3.05) is 13.7 Å². The molecule has 2 aromatic heterocycles. The lowest BCUT2D eigenvalue weighted by Gasteiger charge is -2.32. The average Bonchev–Trinajstić information content (AvgIpc) is 3.26. The van der Waals surface area contributed by atoms with Gasteiger partial charge < -0.3 is 14.1 Å². The van der Waals surface area contributed by atoms with Gasteiger partial charge >= 0.3 is 0 Å². The number of hydrogen-bond donors (Lipinski definition) is 0. The molecule has 140 valence electrons. The van der Waals surface area contributed by atoms with Crippen molar-refractivity contribution >= 4 is 28.5 Å². The Labute approximate surface area is 160 Å². The largest absolute Gasteiger partial charge is 0.493 e. The van der Waals surface area contributed by atoms with Gasteiger partial charge in [-0.15, -0.1) is 0 Å². The molecule has 1 aliphatic heterocycles. The van der Waals surface area contributed by atoms with Gasteiger partial charge in [0, 0.05) is 28.9 Å². The number of halogens is 1. The van der Waals surface area contributed by atoms with Crippen molar-refractivity contribution in [1.29, 1.82) is 0 Å². The van der Waals surface area contributed by atoms with E-state index in [2.05, 4.69) is 5.10 Å². The van der Waals surface area contributed by atoms with Crippen LogP contribution in [0.5, 0.6) is 5.75 Å². The molecule has 27 heavy (non-hydrogen) atoms. The number of benzene rings is 1. The predicted molar refractivity (Wildman–Crippen MR) is 99.2 cm³/mol. The summed E-state index contributed by atoms with van der Waals surface area (Å²) in [6.07, 6.45) is 2.31. The highest BCUT2D eigenvalue weighted by Gasteiger charge is 2.35. The summed E-state index contributed by atoms with van der Waals surface area (Å²) in [6.45, 7) is 3.18. The van der Waals surface area contributed by atoms with Gasteiger partial charge in [-0.2, -0.15) is 5.10 Å². The van der Waals surface area contributed by atoms with Gasteiger partial charge in [-0.05, 0) is 31.9 Å². The maximum atomic E-state index is 13.1. The molecule has 1 atom stereocenters. The third kappa shape index (κ3) is 2.68. The Balaban J connectivity index is 1.47. The molecule has 7 nitrogen and oxygen atoms in total. The second kappa shape index (κ2) is 5.99. The van der Waals surface area contributed by atoms with Crippen molar-refractivity contribution in [2.45, 2.75) is 38.3 Å². The van der Waals surface area contributed by atoms with Crippen LogP contribution in [0.3, 0.4) is 0 Å². The van der Waals surface area contributed by atoms with Crippen molar-refractivity contribution in [3.63, 3.8) is 0 Å². The molecule has 1 aromatic carbocycles. The summed E-state index contributed by atoms with van der Waals surface area (Å²) in [7, 11) is 1.55. The number of carbonyl (C=O) groups excluding carboxylic acids is 1. The Morgan fingerprint density at radius 3 is 2.85 bits per heavy atom. The van der Waals surface area contributed by atoms with E-state index < -0.39 is 0 Å². The summed E-state index contributed by atoms with van der Waals surface area (Å²) >= 11 is 6.12. The molecular weight excluding hydrogens is 368 g/mol. The van der Waals surface area contributed by atoms with Gasteiger partial charge in [-0.25, -0.2) is 9.67 Å². The number of nitrogens with zero attached hydrogens (tertiary/aromatic N) is 4. The molecule has 3 heterocycles. The van der Waals surface area contributed by atoms with Crippen molar-refractivity contribution in [1.82, 2.24) is 19.7 Å². The Morgan fingerprint density at radius 2 is 2.11 bits per heavy atom. The summed E-state index contributed by atoms with van der Waals surface area (Å²) in [5.41, 5.74) is 0.522. The smallest absolute Gasteiger partial charge is 0.290 e. The van der Waals surface area contributed by atoms with Crippen LogP contribution >= 0.6 is 11.6 Å². The predicted octanol–water partition coefficient (Wildman–Crippen LogP) is 3.78. The Kier molecular flexibility index (Phi) is 3.69. The molecule has 2 aliphatic rings. The fourth-order valence-electron chi connectivity index (χ4n) is 3.66. The first-order valence-electron chi connectivity index (χ1n) is 9.08. The number of rotatable bonds is 3. The minimum absolute atomic E-state index is 0.162. The van der Waals surface area contributed by atoms with Gasteiger partial charge in [0.1, 0.15) is 5.82 Å². The quantitative estimate of drug-likeness (QED) is 0.684. The van der Waals surface area contributed by atoms with Crippen LogP contribution in [0.1, 0.15) is 53.9 Å². The number of fused-ring (bicyclic) bond motifs is 2. The van der Waals surface area contributed by atoms with E-state index in [1.807, 2.05) is 11.6 Å². The molecule has 1 amide bonds. The first kappa shape index (κ1) is 16.6. The van der Waals surface area contributed by atoms with Crippen molar-refractivity contribution < 1.29 is 13.9 Å². The molecule has 1 aliphatic carbocycles. The van der Waals surface area contributed by atoms with E-state index >= 15 is 0 Å². The van der Waals surface area contributed by atoms with E-state index in [4.69, 9.17) is 25.7 Å². The molecule has 0 spiro atoms. The van der Waals surface area contributed by atoms with Crippen molar-refractivity contribution in [2.24, 2.45) is 0 Å². The van der Waals surface area contributed by atoms with Crippen LogP contribution in [0, 0.1) is 0 Å². The normalized spacial score (nSPS) is 19.4. The molecule has 0 N–H and O–H groups in total. The summed E-state index contributed by atoms with van der Waals surface area (Å²) in [6, 6.07) is 4.99. The summed E-state index contributed by atoms with van der Waals surface area (Å²) < 4.78 is 13.1. The standard InChI is InChI=1S/C19H19ClN4O3/c1-10-18-21-17(11-3-4-11)22-24(18)6-5-23(10)19(25)15-8-12-7-13(20)9-14(26-2)16(12)27-15/h7-11H,3-6H2,1-2H3/t10-/m1/s1. The second-order valence-electron chi connectivity index (χ2n) is 7.14. The van der Waals surface area contributed by atoms with Gasteiger partial charge in [0.25, 0.3) is 5.91 Å². The van der Waals surface area contributed by atoms with Gasteiger partial charge in [-0.1, -0.05) is 11.6 Å². The van der Waals surface area contributed by atoms with Crippen LogP contribution in [0.2, 0.25) is 5.02 Å². The number of hydrogen-bond acceptors (Lipinski definition) is 5. The average molecular weight is 387 g/mol. The lowest BCUT2D eigenvalue weighted by atomic mass is 10.2. The summed E-state index contributed by atoms with van der Waals surface area (Å²) in [5, 5.41) is 5.89. The van der Waals surface area contributed by atoms with Crippen LogP contribution in [0.25, 0.3) is 11.0 Å². The number of amides is 1. The maximum absolute atomic E-state index is 13.1. The summed E-state index contributed by atoms with van der Waals surface area (Å²) in [5.74, 6) is 2.86. The number of methoxy groups -OCH3 is 1. The van der Waals surface area contributed by atoms with Crippen LogP contribution < -0.4 is 4.74 Å². The third-order valence-electron chi connectivity index (χ3n) is 5.29. The van der Waals surface area contributed by atoms with Gasteiger partial charge in [0.15, 0.2) is 22.9 Å². The van der Waals surface area contributed by atoms with Crippen LogP contribution in [-0.2, 0) is 6.54 Å². The first-order chi connectivity index (χ1) is 13.0. The Morgan fingerprint density at radius 1 is 1.30 bits per heavy atom. The number of ether oxygens (including phenoxy) is 1. The first-order valence-corrected chi connectivity index (χ1v) is 9.45. The molecule has 5 rings (SSSR count). The molecule has 8 heteroatoms. The SMILES string of the molecule is COc1cc(Cl)cc2cc(C(=O)N3CCn4nc(C5CC5)nc4[C@H]3C)oc12. The maximum Gasteiger partial charge on any atom is 0.290 e. The molecule has 0 bridgehead atoms. The summed E-state index contributed by atoms with van der Waals surface area (Å²) in [4.78, 5) is 19.6. The van der Waals surface area contributed by atoms with Crippen molar-refractivity contribution in [3.8, 4) is 5.75 Å². The molecule has 0 saturated heterocycles. The zero-order chi connectivity index (χ0) is 18.7. The van der Waals surface area contributed by atoms with E-state index in [1.165, 1.54) is 0 Å². The van der Waals surface area contributed by atoms with Gasteiger partial charge in [-0.3, -0.25) is 4.79 Å². The third-order valence-corrected chi connectivity index (χ3v) is 5.51. The second-order valence-corrected chi connectivity index (χ2v) is 7.57. The minimum Gasteiger partial charge on any atom is -0.493 e. The molecule has 0 radical (unpaired) electrons. The number of aromatic nitrogens is 3. The van der Waals surface area contributed by atoms with E-state index in [1.54, 1.807) is 30.2 Å². The van der Waals surface area contributed by atoms with Crippen LogP contribution in [0.4, 0.5) is 0 Å². The molecule has 0 unspecified atom stereocenters. The van der Waals surface area contributed by atoms with Crippen LogP contribution in [-0.4, -0.2) is 39.2 Å². The van der Waals surface area contributed by atoms with Crippen molar-refractivity contribution in [3.05, 3.63) is 40.6 Å². The fourth-order valence-corrected chi connectivity index (χ4v) is 3.87. The van der Waals surface area contributed by atoms with Gasteiger partial charge in [0.2, 0.25) is 0 Å². The molecule has 3 aromatic rings.